The molecule has 1 aromatic heterocycles. The van der Waals surface area contributed by atoms with Crippen LogP contribution in [0, 0.1) is 22.7 Å². The van der Waals surface area contributed by atoms with Gasteiger partial charge in [-0.3, -0.25) is 10.1 Å². The second kappa shape index (κ2) is 11.4. The molecule has 0 bridgehead atoms. The van der Waals surface area contributed by atoms with Gasteiger partial charge in [0.25, 0.3) is 11.8 Å². The van der Waals surface area contributed by atoms with Gasteiger partial charge in [-0.2, -0.15) is 14.8 Å². The zero-order valence-corrected chi connectivity index (χ0v) is 19.8. The third kappa shape index (κ3) is 5.80. The molecule has 0 saturated carbocycles. The van der Waals surface area contributed by atoms with Crippen LogP contribution in [-0.2, 0) is 10.0 Å². The van der Waals surface area contributed by atoms with Gasteiger partial charge in [0.2, 0.25) is 10.0 Å². The molecule has 0 unspecified atom stereocenters. The van der Waals surface area contributed by atoms with E-state index in [1.807, 2.05) is 42.7 Å². The SMILES string of the molecule is CSc1ccccc1-c1nnc(NC(=O)c2ccc(S(=O)(=O)N(CCC#N)CCC#N)cc2)o1. The summed E-state index contributed by atoms with van der Waals surface area (Å²) >= 11 is 1.52. The fourth-order valence-electron chi connectivity index (χ4n) is 3.00. The summed E-state index contributed by atoms with van der Waals surface area (Å²) in [6.07, 6.45) is 1.92. The average Bonchev–Trinajstić information content (AvgIpc) is 3.32. The third-order valence-electron chi connectivity index (χ3n) is 4.68. The molecule has 1 amide bonds. The quantitative estimate of drug-likeness (QED) is 0.415. The van der Waals surface area contributed by atoms with Crippen LogP contribution in [0.4, 0.5) is 6.01 Å². The van der Waals surface area contributed by atoms with Gasteiger partial charge < -0.3 is 4.42 Å². The number of nitrogens with zero attached hydrogens (tertiary/aromatic N) is 5. The molecule has 0 aliphatic carbocycles. The molecule has 12 heteroatoms. The van der Waals surface area contributed by atoms with Crippen LogP contribution in [0.15, 0.2) is 62.7 Å². The normalized spacial score (nSPS) is 11.1. The predicted molar refractivity (Wildman–Crippen MR) is 125 cm³/mol. The summed E-state index contributed by atoms with van der Waals surface area (Å²) in [6, 6.07) is 16.5. The number of benzene rings is 2. The number of nitriles is 2. The molecule has 0 radical (unpaired) electrons. The van der Waals surface area contributed by atoms with Crippen molar-refractivity contribution in [2.24, 2.45) is 0 Å². The summed E-state index contributed by atoms with van der Waals surface area (Å²) in [6.45, 7) is -0.0518. The topological polar surface area (TPSA) is 153 Å². The number of anilines is 1. The van der Waals surface area contributed by atoms with Crippen molar-refractivity contribution in [3.05, 3.63) is 54.1 Å². The van der Waals surface area contributed by atoms with Crippen LogP contribution in [-0.4, -0.2) is 48.2 Å². The molecule has 0 spiro atoms. The van der Waals surface area contributed by atoms with E-state index in [-0.39, 0.29) is 48.3 Å². The number of aromatic nitrogens is 2. The zero-order chi connectivity index (χ0) is 24.6. The van der Waals surface area contributed by atoms with Crippen LogP contribution in [0.25, 0.3) is 11.5 Å². The van der Waals surface area contributed by atoms with Crippen LogP contribution in [0.2, 0.25) is 0 Å². The van der Waals surface area contributed by atoms with Crippen molar-refractivity contribution in [2.45, 2.75) is 22.6 Å². The molecular weight excluding hydrogens is 476 g/mol. The van der Waals surface area contributed by atoms with Gasteiger partial charge in [-0.1, -0.05) is 17.2 Å². The Morgan fingerprint density at radius 2 is 1.71 bits per heavy atom. The highest BCUT2D eigenvalue weighted by molar-refractivity contribution is 7.98. The molecule has 34 heavy (non-hydrogen) atoms. The maximum absolute atomic E-state index is 12.9. The van der Waals surface area contributed by atoms with Gasteiger partial charge in [0.05, 0.1) is 22.6 Å². The minimum Gasteiger partial charge on any atom is -0.403 e. The van der Waals surface area contributed by atoms with E-state index < -0.39 is 15.9 Å². The Morgan fingerprint density at radius 3 is 2.32 bits per heavy atom. The molecule has 3 rings (SSSR count). The second-order valence-electron chi connectivity index (χ2n) is 6.81. The number of amides is 1. The Morgan fingerprint density at radius 1 is 1.06 bits per heavy atom. The minimum absolute atomic E-state index is 0.00125. The highest BCUT2D eigenvalue weighted by Crippen LogP contribution is 2.29. The molecule has 0 fully saturated rings. The largest absolute Gasteiger partial charge is 0.403 e. The fraction of sp³-hybridized carbons (Fsp3) is 0.227. The first-order valence-corrected chi connectivity index (χ1v) is 12.7. The van der Waals surface area contributed by atoms with E-state index in [1.54, 1.807) is 0 Å². The van der Waals surface area contributed by atoms with E-state index in [0.717, 1.165) is 14.8 Å². The van der Waals surface area contributed by atoms with E-state index in [0.29, 0.717) is 0 Å². The van der Waals surface area contributed by atoms with Crippen LogP contribution >= 0.6 is 11.8 Å². The van der Waals surface area contributed by atoms with E-state index in [4.69, 9.17) is 14.9 Å². The standard InChI is InChI=1S/C22H20N6O4S2/c1-33-19-7-3-2-6-18(19)21-26-27-22(32-21)25-20(29)16-8-10-17(11-9-16)34(30,31)28(14-4-12-23)15-5-13-24/h2-3,6-11H,4-5,14-15H2,1H3,(H,25,27,29). The summed E-state index contributed by atoms with van der Waals surface area (Å²) in [7, 11) is -3.92. The Balaban J connectivity index is 1.74. The number of carbonyl (C=O) groups excluding carboxylic acids is 1. The van der Waals surface area contributed by atoms with Crippen molar-refractivity contribution in [2.75, 3.05) is 24.7 Å². The lowest BCUT2D eigenvalue weighted by Crippen LogP contribution is -2.32. The van der Waals surface area contributed by atoms with Gasteiger partial charge in [-0.05, 0) is 42.7 Å². The zero-order valence-electron chi connectivity index (χ0n) is 18.1. The van der Waals surface area contributed by atoms with Gasteiger partial charge in [-0.15, -0.1) is 16.9 Å². The summed E-state index contributed by atoms with van der Waals surface area (Å²) in [4.78, 5) is 13.5. The number of carbonyl (C=O) groups is 1. The number of sulfonamides is 1. The van der Waals surface area contributed by atoms with Crippen LogP contribution < -0.4 is 5.32 Å². The fourth-order valence-corrected chi connectivity index (χ4v) is 5.03. The van der Waals surface area contributed by atoms with Crippen molar-refractivity contribution >= 4 is 33.7 Å². The molecular formula is C22H20N6O4S2. The smallest absolute Gasteiger partial charge is 0.322 e. The summed E-state index contributed by atoms with van der Waals surface area (Å²) in [5.74, 6) is -0.292. The molecule has 0 saturated heterocycles. The van der Waals surface area contributed by atoms with Gasteiger partial charge in [0, 0.05) is 36.4 Å². The number of hydrogen-bond donors (Lipinski definition) is 1. The molecule has 0 atom stereocenters. The summed E-state index contributed by atoms with van der Waals surface area (Å²) in [5, 5.41) is 27.9. The van der Waals surface area contributed by atoms with Crippen LogP contribution in [0.1, 0.15) is 23.2 Å². The Bertz CT molecular complexity index is 1320. The molecule has 1 N–H and O–H groups in total. The molecule has 2 aromatic carbocycles. The van der Waals surface area contributed by atoms with Crippen molar-refractivity contribution in [3.8, 4) is 23.6 Å². The molecule has 0 aliphatic rings. The van der Waals surface area contributed by atoms with Crippen LogP contribution in [0.5, 0.6) is 0 Å². The summed E-state index contributed by atoms with van der Waals surface area (Å²) in [5.41, 5.74) is 0.929. The van der Waals surface area contributed by atoms with E-state index in [9.17, 15) is 13.2 Å². The number of nitrogens with one attached hydrogen (secondary N) is 1. The number of thioether (sulfide) groups is 1. The lowest BCUT2D eigenvalue weighted by Gasteiger charge is -2.20. The number of rotatable bonds is 10. The van der Waals surface area contributed by atoms with Gasteiger partial charge in [0.15, 0.2) is 0 Å². The van der Waals surface area contributed by atoms with Crippen LogP contribution in [0.3, 0.4) is 0 Å². The maximum Gasteiger partial charge on any atom is 0.322 e. The van der Waals surface area contributed by atoms with Crippen molar-refractivity contribution in [3.63, 3.8) is 0 Å². The van der Waals surface area contributed by atoms with E-state index in [2.05, 4.69) is 15.5 Å². The van der Waals surface area contributed by atoms with E-state index in [1.165, 1.54) is 36.0 Å². The Labute approximate surface area is 201 Å². The molecule has 174 valence electrons. The van der Waals surface area contributed by atoms with Gasteiger partial charge in [-0.25, -0.2) is 8.42 Å². The van der Waals surface area contributed by atoms with Gasteiger partial charge >= 0.3 is 6.01 Å². The average molecular weight is 497 g/mol. The number of hydrogen-bond acceptors (Lipinski definition) is 9. The molecule has 3 aromatic rings. The van der Waals surface area contributed by atoms with Crippen molar-refractivity contribution < 1.29 is 17.6 Å². The van der Waals surface area contributed by atoms with Crippen molar-refractivity contribution in [1.82, 2.24) is 14.5 Å². The molecule has 1 heterocycles. The lowest BCUT2D eigenvalue weighted by atomic mass is 10.2. The highest BCUT2D eigenvalue weighted by atomic mass is 32.2. The lowest BCUT2D eigenvalue weighted by molar-refractivity contribution is 0.102. The second-order valence-corrected chi connectivity index (χ2v) is 9.60. The highest BCUT2D eigenvalue weighted by Gasteiger charge is 2.24. The first-order valence-electron chi connectivity index (χ1n) is 10.0. The first kappa shape index (κ1) is 24.9. The predicted octanol–water partition coefficient (Wildman–Crippen LogP) is 3.53. The maximum atomic E-state index is 12.9. The van der Waals surface area contributed by atoms with E-state index >= 15 is 0 Å². The van der Waals surface area contributed by atoms with Gasteiger partial charge in [0.1, 0.15) is 0 Å². The Hall–Kier alpha value is -3.71. The summed E-state index contributed by atoms with van der Waals surface area (Å²) < 4.78 is 32.4. The third-order valence-corrected chi connectivity index (χ3v) is 7.39. The Kier molecular flexibility index (Phi) is 8.38. The monoisotopic (exact) mass is 496 g/mol. The molecule has 0 aliphatic heterocycles. The minimum atomic E-state index is -3.92. The molecule has 10 nitrogen and oxygen atoms in total. The van der Waals surface area contributed by atoms with Crippen molar-refractivity contribution in [1.29, 1.82) is 10.5 Å². The first-order chi connectivity index (χ1) is 16.4.